The zero-order chi connectivity index (χ0) is 10.4. The minimum Gasteiger partial charge on any atom is -0.354 e. The highest BCUT2D eigenvalue weighted by Gasteiger charge is 2.10. The number of hydrogen-bond donors (Lipinski definition) is 2. The summed E-state index contributed by atoms with van der Waals surface area (Å²) in [6.45, 7) is 6.78. The predicted molar refractivity (Wildman–Crippen MR) is 50.8 cm³/mol. The molecule has 0 aromatic carbocycles. The lowest BCUT2D eigenvalue weighted by molar-refractivity contribution is -0.121. The Morgan fingerprint density at radius 1 is 1.31 bits per heavy atom. The van der Waals surface area contributed by atoms with Gasteiger partial charge in [0.2, 0.25) is 5.91 Å². The molecule has 0 heterocycles. The Morgan fingerprint density at radius 3 is 2.15 bits per heavy atom. The second kappa shape index (κ2) is 5.13. The Balaban J connectivity index is 4.66. The number of allylic oxidation sites excluding steroid dienone is 1. The van der Waals surface area contributed by atoms with E-state index in [2.05, 4.69) is 17.2 Å². The second-order valence-electron chi connectivity index (χ2n) is 2.65. The molecule has 2 N–H and O–H groups in total. The minimum absolute atomic E-state index is 0.271. The molecule has 0 aromatic rings. The lowest BCUT2D eigenvalue weighted by atomic mass is 10.2. The molecular weight excluding hydrogens is 168 g/mol. The van der Waals surface area contributed by atoms with Crippen LogP contribution >= 0.6 is 0 Å². The smallest absolute Gasteiger partial charge is 0.267 e. The molecule has 0 unspecified atom stereocenters. The largest absolute Gasteiger partial charge is 0.354 e. The van der Waals surface area contributed by atoms with Crippen LogP contribution in [-0.4, -0.2) is 18.9 Å². The molecule has 0 aliphatic carbocycles. The fourth-order valence-corrected chi connectivity index (χ4v) is 0.708. The topological polar surface area (TPSA) is 58.2 Å². The van der Waals surface area contributed by atoms with E-state index < -0.39 is 0 Å². The Morgan fingerprint density at radius 2 is 1.85 bits per heavy atom. The van der Waals surface area contributed by atoms with E-state index in [9.17, 15) is 9.59 Å². The van der Waals surface area contributed by atoms with Crippen molar-refractivity contribution in [3.8, 4) is 0 Å². The van der Waals surface area contributed by atoms with Gasteiger partial charge in [-0.1, -0.05) is 6.58 Å². The van der Waals surface area contributed by atoms with Crippen LogP contribution in [0.15, 0.2) is 23.9 Å². The van der Waals surface area contributed by atoms with Crippen LogP contribution in [0.2, 0.25) is 0 Å². The predicted octanol–water partition coefficient (Wildman–Crippen LogP) is 0.328. The Labute approximate surface area is 77.7 Å². The van der Waals surface area contributed by atoms with Crippen LogP contribution in [0.1, 0.15) is 13.8 Å². The van der Waals surface area contributed by atoms with Crippen LogP contribution in [-0.2, 0) is 9.59 Å². The van der Waals surface area contributed by atoms with Crippen molar-refractivity contribution in [2.24, 2.45) is 0 Å². The number of carbonyl (C=O) groups is 2. The van der Waals surface area contributed by atoms with Crippen LogP contribution < -0.4 is 10.6 Å². The maximum absolute atomic E-state index is 11.2. The Kier molecular flexibility index (Phi) is 4.51. The molecule has 0 saturated heterocycles. The van der Waals surface area contributed by atoms with Gasteiger partial charge >= 0.3 is 0 Å². The lowest BCUT2D eigenvalue weighted by Gasteiger charge is -2.08. The first kappa shape index (κ1) is 11.4. The fourth-order valence-electron chi connectivity index (χ4n) is 0.708. The van der Waals surface area contributed by atoms with Crippen LogP contribution in [0, 0.1) is 0 Å². The minimum atomic E-state index is -0.389. The summed E-state index contributed by atoms with van der Waals surface area (Å²) in [6, 6.07) is 0. The average Bonchev–Trinajstić information content (AvgIpc) is 2.11. The second-order valence-corrected chi connectivity index (χ2v) is 2.65. The zero-order valence-corrected chi connectivity index (χ0v) is 8.10. The third-order valence-electron chi connectivity index (χ3n) is 1.39. The quantitative estimate of drug-likeness (QED) is 0.618. The monoisotopic (exact) mass is 182 g/mol. The first-order chi connectivity index (χ1) is 6.02. The third-order valence-corrected chi connectivity index (χ3v) is 1.39. The zero-order valence-electron chi connectivity index (χ0n) is 8.10. The van der Waals surface area contributed by atoms with Gasteiger partial charge in [-0.15, -0.1) is 0 Å². The van der Waals surface area contributed by atoms with Crippen molar-refractivity contribution in [1.82, 2.24) is 10.6 Å². The van der Waals surface area contributed by atoms with Crippen molar-refractivity contribution in [2.45, 2.75) is 13.8 Å². The van der Waals surface area contributed by atoms with Crippen molar-refractivity contribution in [3.63, 3.8) is 0 Å². The summed E-state index contributed by atoms with van der Waals surface area (Å²) in [6.07, 6.45) is 1.12. The molecule has 0 rings (SSSR count). The number of nitrogens with one attached hydrogen (secondary N) is 2. The van der Waals surface area contributed by atoms with Crippen LogP contribution in [0.3, 0.4) is 0 Å². The summed E-state index contributed by atoms with van der Waals surface area (Å²) >= 11 is 0. The highest BCUT2D eigenvalue weighted by atomic mass is 16.2. The molecule has 13 heavy (non-hydrogen) atoms. The molecule has 0 bridgehead atoms. The van der Waals surface area contributed by atoms with Gasteiger partial charge < -0.3 is 10.6 Å². The summed E-state index contributed by atoms with van der Waals surface area (Å²) in [4.78, 5) is 22.1. The van der Waals surface area contributed by atoms with Crippen LogP contribution in [0.4, 0.5) is 0 Å². The average molecular weight is 182 g/mol. The Bertz CT molecular complexity index is 263. The number of carbonyl (C=O) groups excluding carboxylic acids is 2. The van der Waals surface area contributed by atoms with Gasteiger partial charge in [0.15, 0.2) is 0 Å². The van der Waals surface area contributed by atoms with Crippen molar-refractivity contribution in [2.75, 3.05) is 7.05 Å². The normalized spacial score (nSPS) is 8.54. The highest BCUT2D eigenvalue weighted by Crippen LogP contribution is 1.99. The van der Waals surface area contributed by atoms with Gasteiger partial charge in [0.05, 0.1) is 0 Å². The Hall–Kier alpha value is -1.58. The van der Waals surface area contributed by atoms with E-state index in [4.69, 9.17) is 0 Å². The van der Waals surface area contributed by atoms with Gasteiger partial charge in [0.25, 0.3) is 5.91 Å². The molecule has 0 aliphatic rings. The molecule has 0 aliphatic heterocycles. The number of amides is 2. The van der Waals surface area contributed by atoms with E-state index in [-0.39, 0.29) is 17.5 Å². The van der Waals surface area contributed by atoms with Gasteiger partial charge in [-0.05, 0) is 25.5 Å². The third kappa shape index (κ3) is 3.55. The summed E-state index contributed by atoms with van der Waals surface area (Å²) in [5, 5.41) is 4.86. The summed E-state index contributed by atoms with van der Waals surface area (Å²) in [5.74, 6) is -0.699. The first-order valence-electron chi connectivity index (χ1n) is 3.86. The lowest BCUT2D eigenvalue weighted by Crippen LogP contribution is -2.32. The number of hydrogen-bond acceptors (Lipinski definition) is 2. The van der Waals surface area contributed by atoms with E-state index in [0.717, 1.165) is 11.6 Å². The van der Waals surface area contributed by atoms with Crippen molar-refractivity contribution < 1.29 is 9.59 Å². The van der Waals surface area contributed by atoms with Gasteiger partial charge in [-0.3, -0.25) is 9.59 Å². The molecule has 0 aromatic heterocycles. The van der Waals surface area contributed by atoms with E-state index in [1.165, 1.54) is 7.05 Å². The SMILES string of the molecule is C=CC(=O)NC(C(=O)NC)=C(C)C. The molecule has 4 nitrogen and oxygen atoms in total. The molecule has 0 fully saturated rings. The number of likely N-dealkylation sites (N-methyl/N-ethyl adjacent to an activating group) is 1. The summed E-state index contributed by atoms with van der Waals surface area (Å²) < 4.78 is 0. The molecule has 0 saturated carbocycles. The molecule has 0 atom stereocenters. The van der Waals surface area contributed by atoms with Gasteiger partial charge in [-0.2, -0.15) is 0 Å². The molecular formula is C9H14N2O2. The number of rotatable bonds is 3. The van der Waals surface area contributed by atoms with Gasteiger partial charge in [0, 0.05) is 7.05 Å². The van der Waals surface area contributed by atoms with E-state index in [1.807, 2.05) is 0 Å². The summed E-state index contributed by atoms with van der Waals surface area (Å²) in [7, 11) is 1.51. The molecule has 4 heteroatoms. The maximum Gasteiger partial charge on any atom is 0.267 e. The molecule has 2 amide bonds. The van der Waals surface area contributed by atoms with Gasteiger partial charge in [0.1, 0.15) is 5.70 Å². The van der Waals surface area contributed by atoms with Crippen molar-refractivity contribution in [1.29, 1.82) is 0 Å². The van der Waals surface area contributed by atoms with Crippen LogP contribution in [0.25, 0.3) is 0 Å². The fraction of sp³-hybridized carbons (Fsp3) is 0.333. The maximum atomic E-state index is 11.2. The molecule has 72 valence electrons. The highest BCUT2D eigenvalue weighted by molar-refractivity contribution is 6.00. The van der Waals surface area contributed by atoms with Crippen LogP contribution in [0.5, 0.6) is 0 Å². The molecule has 0 radical (unpaired) electrons. The van der Waals surface area contributed by atoms with E-state index in [0.29, 0.717) is 0 Å². The van der Waals surface area contributed by atoms with E-state index >= 15 is 0 Å². The molecule has 0 spiro atoms. The van der Waals surface area contributed by atoms with Crippen molar-refractivity contribution >= 4 is 11.8 Å². The standard InChI is InChI=1S/C9H14N2O2/c1-5-7(12)11-8(6(2)3)9(13)10-4/h5H,1H2,2-4H3,(H,10,13)(H,11,12). The van der Waals surface area contributed by atoms with Gasteiger partial charge in [-0.25, -0.2) is 0 Å². The van der Waals surface area contributed by atoms with E-state index in [1.54, 1.807) is 13.8 Å². The first-order valence-corrected chi connectivity index (χ1v) is 3.86. The van der Waals surface area contributed by atoms with Crippen molar-refractivity contribution in [3.05, 3.63) is 23.9 Å². The summed E-state index contributed by atoms with van der Waals surface area (Å²) in [5.41, 5.74) is 1.02.